The van der Waals surface area contributed by atoms with E-state index in [9.17, 15) is 8.78 Å². The average molecular weight is 540 g/mol. The molecule has 1 aromatic carbocycles. The van der Waals surface area contributed by atoms with Crippen molar-refractivity contribution in [1.29, 1.82) is 0 Å². The number of alkyl halides is 2. The molecule has 2 N–H and O–H groups in total. The molecule has 0 saturated carbocycles. The number of hydrogen-bond acceptors (Lipinski definition) is 5. The van der Waals surface area contributed by atoms with Crippen molar-refractivity contribution < 1.29 is 18.3 Å². The molecule has 0 aliphatic carbocycles. The second-order valence-electron chi connectivity index (χ2n) is 5.98. The second kappa shape index (κ2) is 12.8. The Hall–Kier alpha value is -1.69. The lowest BCUT2D eigenvalue weighted by atomic mass is 10.1. The third-order valence-electron chi connectivity index (χ3n) is 3.87. The summed E-state index contributed by atoms with van der Waals surface area (Å²) in [6.07, 6.45) is 0.618. The lowest BCUT2D eigenvalue weighted by Gasteiger charge is -2.13. The number of nitrogens with one attached hydrogen (secondary N) is 2. The quantitative estimate of drug-likeness (QED) is 0.283. The average Bonchev–Trinajstić information content (AvgIpc) is 2.96. The molecule has 1 aromatic heterocycles. The van der Waals surface area contributed by atoms with Crippen LogP contribution in [0.5, 0.6) is 11.5 Å². The molecule has 162 valence electrons. The number of aromatic nitrogens is 1. The van der Waals surface area contributed by atoms with Crippen molar-refractivity contribution >= 4 is 41.3 Å². The SMILES string of the molecule is CCNC(=NCc1sc(C)nc1C)NCCc1ccc(OC)c(OC(F)F)c1.I. The summed E-state index contributed by atoms with van der Waals surface area (Å²) in [6, 6.07) is 5.02. The first-order valence-corrected chi connectivity index (χ1v) is 9.81. The molecule has 0 aliphatic rings. The molecule has 0 radical (unpaired) electrons. The molecule has 0 unspecified atom stereocenters. The maximum atomic E-state index is 12.5. The van der Waals surface area contributed by atoms with Gasteiger partial charge in [-0.1, -0.05) is 6.07 Å². The van der Waals surface area contributed by atoms with Gasteiger partial charge in [0.25, 0.3) is 0 Å². The number of rotatable bonds is 9. The summed E-state index contributed by atoms with van der Waals surface area (Å²) in [6.45, 7) is 4.95. The van der Waals surface area contributed by atoms with Crippen LogP contribution in [0.25, 0.3) is 0 Å². The molecule has 0 amide bonds. The number of methoxy groups -OCH3 is 1. The first kappa shape index (κ1) is 25.3. The van der Waals surface area contributed by atoms with E-state index >= 15 is 0 Å². The number of benzene rings is 1. The molecule has 29 heavy (non-hydrogen) atoms. The van der Waals surface area contributed by atoms with E-state index in [1.165, 1.54) is 7.11 Å². The van der Waals surface area contributed by atoms with E-state index in [4.69, 9.17) is 4.74 Å². The maximum absolute atomic E-state index is 12.5. The molecular weight excluding hydrogens is 513 g/mol. The zero-order chi connectivity index (χ0) is 20.5. The van der Waals surface area contributed by atoms with Crippen molar-refractivity contribution in [2.45, 2.75) is 40.3 Å². The number of aryl methyl sites for hydroxylation is 2. The fraction of sp³-hybridized carbons (Fsp3) is 0.474. The molecule has 2 rings (SSSR count). The second-order valence-corrected chi connectivity index (χ2v) is 7.26. The topological polar surface area (TPSA) is 67.8 Å². The van der Waals surface area contributed by atoms with Gasteiger partial charge in [0.2, 0.25) is 0 Å². The number of hydrogen-bond donors (Lipinski definition) is 2. The molecule has 10 heteroatoms. The molecular formula is C19H27F2IN4O2S. The van der Waals surface area contributed by atoms with Crippen molar-refractivity contribution in [1.82, 2.24) is 15.6 Å². The fourth-order valence-electron chi connectivity index (χ4n) is 2.60. The summed E-state index contributed by atoms with van der Waals surface area (Å²) in [5.74, 6) is 1.01. The summed E-state index contributed by atoms with van der Waals surface area (Å²) in [5, 5.41) is 7.49. The Balaban J connectivity index is 0.00000420. The Morgan fingerprint density at radius 3 is 2.59 bits per heavy atom. The predicted octanol–water partition coefficient (Wildman–Crippen LogP) is 4.29. The van der Waals surface area contributed by atoms with Crippen LogP contribution in [0.2, 0.25) is 0 Å². The van der Waals surface area contributed by atoms with Crippen LogP contribution in [0.3, 0.4) is 0 Å². The van der Waals surface area contributed by atoms with Crippen molar-refractivity contribution in [2.24, 2.45) is 4.99 Å². The number of guanidine groups is 1. The van der Waals surface area contributed by atoms with Gasteiger partial charge >= 0.3 is 6.61 Å². The van der Waals surface area contributed by atoms with Gasteiger partial charge in [-0.15, -0.1) is 35.3 Å². The normalized spacial score (nSPS) is 11.2. The van der Waals surface area contributed by atoms with E-state index in [1.54, 1.807) is 23.5 Å². The van der Waals surface area contributed by atoms with Gasteiger partial charge in [-0.2, -0.15) is 8.78 Å². The highest BCUT2D eigenvalue weighted by Crippen LogP contribution is 2.29. The van der Waals surface area contributed by atoms with Gasteiger partial charge < -0.3 is 20.1 Å². The third kappa shape index (κ3) is 8.29. The smallest absolute Gasteiger partial charge is 0.387 e. The van der Waals surface area contributed by atoms with Gasteiger partial charge in [0, 0.05) is 18.0 Å². The zero-order valence-corrected chi connectivity index (χ0v) is 20.1. The van der Waals surface area contributed by atoms with E-state index in [1.807, 2.05) is 26.8 Å². The molecule has 0 atom stereocenters. The van der Waals surface area contributed by atoms with E-state index in [0.717, 1.165) is 27.7 Å². The predicted molar refractivity (Wildman–Crippen MR) is 123 cm³/mol. The summed E-state index contributed by atoms with van der Waals surface area (Å²) < 4.78 is 34.7. The monoisotopic (exact) mass is 540 g/mol. The minimum Gasteiger partial charge on any atom is -0.493 e. The lowest BCUT2D eigenvalue weighted by Crippen LogP contribution is -2.38. The molecule has 0 aliphatic heterocycles. The van der Waals surface area contributed by atoms with Gasteiger partial charge in [0.15, 0.2) is 17.5 Å². The summed E-state index contributed by atoms with van der Waals surface area (Å²) >= 11 is 1.64. The van der Waals surface area contributed by atoms with Gasteiger partial charge in [-0.05, 0) is 44.9 Å². The number of nitrogens with zero attached hydrogens (tertiary/aromatic N) is 2. The van der Waals surface area contributed by atoms with Crippen molar-refractivity contribution in [3.8, 4) is 11.5 Å². The van der Waals surface area contributed by atoms with Crippen LogP contribution in [-0.2, 0) is 13.0 Å². The number of thiazole rings is 1. The minimum absolute atomic E-state index is 0. The highest BCUT2D eigenvalue weighted by Gasteiger charge is 2.11. The lowest BCUT2D eigenvalue weighted by molar-refractivity contribution is -0.0512. The Bertz CT molecular complexity index is 803. The van der Waals surface area contributed by atoms with Crippen LogP contribution >= 0.6 is 35.3 Å². The standard InChI is InChI=1S/C19H26F2N4O2S.HI/c1-5-22-19(24-11-17-12(2)25-13(3)28-17)23-9-8-14-6-7-15(26-4)16(10-14)27-18(20)21;/h6-7,10,18H,5,8-9,11H2,1-4H3,(H2,22,23,24);1H. The van der Waals surface area contributed by atoms with E-state index in [-0.39, 0.29) is 35.5 Å². The fourth-order valence-corrected chi connectivity index (χ4v) is 3.46. The van der Waals surface area contributed by atoms with Crippen LogP contribution < -0.4 is 20.1 Å². The van der Waals surface area contributed by atoms with Crippen LogP contribution in [0, 0.1) is 13.8 Å². The van der Waals surface area contributed by atoms with Gasteiger partial charge in [0.1, 0.15) is 0 Å². The third-order valence-corrected chi connectivity index (χ3v) is 4.93. The Morgan fingerprint density at radius 1 is 1.24 bits per heavy atom. The van der Waals surface area contributed by atoms with Crippen LogP contribution in [0.15, 0.2) is 23.2 Å². The van der Waals surface area contributed by atoms with E-state index < -0.39 is 6.61 Å². The molecule has 1 heterocycles. The van der Waals surface area contributed by atoms with Gasteiger partial charge in [-0.3, -0.25) is 0 Å². The zero-order valence-electron chi connectivity index (χ0n) is 16.9. The highest BCUT2D eigenvalue weighted by molar-refractivity contribution is 14.0. The largest absolute Gasteiger partial charge is 0.493 e. The Kier molecular flexibility index (Phi) is 11.2. The molecule has 0 fully saturated rings. The number of ether oxygens (including phenoxy) is 2. The van der Waals surface area contributed by atoms with Gasteiger partial charge in [-0.25, -0.2) is 9.98 Å². The maximum Gasteiger partial charge on any atom is 0.387 e. The Morgan fingerprint density at radius 2 is 2.00 bits per heavy atom. The van der Waals surface area contributed by atoms with Crippen LogP contribution in [0.1, 0.15) is 28.1 Å². The molecule has 0 saturated heterocycles. The van der Waals surface area contributed by atoms with Crippen molar-refractivity contribution in [3.05, 3.63) is 39.3 Å². The van der Waals surface area contributed by atoms with Crippen LogP contribution in [0.4, 0.5) is 8.78 Å². The summed E-state index contributed by atoms with van der Waals surface area (Å²) in [5.41, 5.74) is 1.86. The van der Waals surface area contributed by atoms with Gasteiger partial charge in [0.05, 0.1) is 24.4 Å². The van der Waals surface area contributed by atoms with E-state index in [2.05, 4.69) is 25.3 Å². The Labute approximate surface area is 191 Å². The highest BCUT2D eigenvalue weighted by atomic mass is 127. The molecule has 2 aromatic rings. The van der Waals surface area contributed by atoms with Crippen molar-refractivity contribution in [3.63, 3.8) is 0 Å². The molecule has 0 bridgehead atoms. The summed E-state index contributed by atoms with van der Waals surface area (Å²) in [7, 11) is 1.42. The number of aliphatic imine (C=N–C) groups is 1. The first-order chi connectivity index (χ1) is 13.4. The number of halogens is 3. The molecule has 0 spiro atoms. The van der Waals surface area contributed by atoms with Crippen molar-refractivity contribution in [2.75, 3.05) is 20.2 Å². The summed E-state index contributed by atoms with van der Waals surface area (Å²) in [4.78, 5) is 10.1. The first-order valence-electron chi connectivity index (χ1n) is 8.99. The van der Waals surface area contributed by atoms with Crippen LogP contribution in [-0.4, -0.2) is 37.8 Å². The molecule has 6 nitrogen and oxygen atoms in total. The van der Waals surface area contributed by atoms with E-state index in [0.29, 0.717) is 25.5 Å². The minimum atomic E-state index is -2.89.